The molecule has 1 aliphatic heterocycles. The number of fused-ring (bicyclic) bond motifs is 1. The molecule has 21 heavy (non-hydrogen) atoms. The maximum absolute atomic E-state index is 12.7. The van der Waals surface area contributed by atoms with Gasteiger partial charge in [-0.15, -0.1) is 11.3 Å². The number of thiazole rings is 1. The topological polar surface area (TPSA) is 54.0 Å². The van der Waals surface area contributed by atoms with Crippen LogP contribution >= 0.6 is 11.3 Å². The van der Waals surface area contributed by atoms with E-state index in [0.717, 1.165) is 53.3 Å². The van der Waals surface area contributed by atoms with E-state index in [1.165, 1.54) is 0 Å². The van der Waals surface area contributed by atoms with Gasteiger partial charge < -0.3 is 10.6 Å². The zero-order valence-corrected chi connectivity index (χ0v) is 13.3. The monoisotopic (exact) mass is 303 g/mol. The summed E-state index contributed by atoms with van der Waals surface area (Å²) in [5.41, 5.74) is 1.63. The number of amides is 1. The van der Waals surface area contributed by atoms with Crippen LogP contribution in [0.25, 0.3) is 10.2 Å². The van der Waals surface area contributed by atoms with Crippen LogP contribution in [0.15, 0.2) is 18.2 Å². The summed E-state index contributed by atoms with van der Waals surface area (Å²) in [6.45, 7) is 5.86. The second-order valence-corrected chi connectivity index (χ2v) is 7.06. The number of nitrogens with one attached hydrogen (secondary N) is 2. The van der Waals surface area contributed by atoms with E-state index >= 15 is 0 Å². The number of hydrogen-bond donors (Lipinski definition) is 2. The van der Waals surface area contributed by atoms with Gasteiger partial charge in [0.25, 0.3) is 0 Å². The Morgan fingerprint density at radius 3 is 3.10 bits per heavy atom. The molecule has 1 aromatic heterocycles. The molecule has 1 unspecified atom stereocenters. The third-order valence-electron chi connectivity index (χ3n) is 4.21. The van der Waals surface area contributed by atoms with Crippen LogP contribution in [0.4, 0.5) is 5.69 Å². The molecule has 2 aromatic rings. The van der Waals surface area contributed by atoms with Crippen molar-refractivity contribution >= 4 is 33.1 Å². The van der Waals surface area contributed by atoms with E-state index in [1.807, 2.05) is 25.1 Å². The van der Waals surface area contributed by atoms with Crippen LogP contribution in [0.3, 0.4) is 0 Å². The molecule has 0 spiro atoms. The van der Waals surface area contributed by atoms with Crippen molar-refractivity contribution in [1.29, 1.82) is 0 Å². The second kappa shape index (κ2) is 5.73. The highest BCUT2D eigenvalue weighted by Gasteiger charge is 2.40. The summed E-state index contributed by atoms with van der Waals surface area (Å²) in [6, 6.07) is 5.95. The molecule has 0 saturated carbocycles. The smallest absolute Gasteiger partial charge is 0.231 e. The molecule has 0 radical (unpaired) electrons. The van der Waals surface area contributed by atoms with Gasteiger partial charge in [-0.25, -0.2) is 4.98 Å². The number of nitrogens with zero attached hydrogens (tertiary/aromatic N) is 1. The number of aromatic nitrogens is 1. The fourth-order valence-electron chi connectivity index (χ4n) is 3.12. The zero-order valence-electron chi connectivity index (χ0n) is 12.5. The summed E-state index contributed by atoms with van der Waals surface area (Å²) >= 11 is 1.66. The van der Waals surface area contributed by atoms with E-state index in [-0.39, 0.29) is 11.3 Å². The number of anilines is 1. The number of carbonyl (C=O) groups excluding carboxylic acids is 1. The highest BCUT2D eigenvalue weighted by atomic mass is 32.1. The van der Waals surface area contributed by atoms with Crippen molar-refractivity contribution in [3.8, 4) is 0 Å². The molecule has 4 nitrogen and oxygen atoms in total. The summed E-state index contributed by atoms with van der Waals surface area (Å²) in [4.78, 5) is 17.2. The molecule has 1 aliphatic rings. The molecule has 1 saturated heterocycles. The summed E-state index contributed by atoms with van der Waals surface area (Å²) in [5.74, 6) is 0.148. The lowest BCUT2D eigenvalue weighted by Gasteiger charge is -2.26. The first kappa shape index (κ1) is 14.5. The summed E-state index contributed by atoms with van der Waals surface area (Å²) in [6.07, 6.45) is 2.89. The average molecular weight is 303 g/mol. The first-order chi connectivity index (χ1) is 10.1. The Morgan fingerprint density at radius 1 is 1.52 bits per heavy atom. The molecule has 5 heteroatoms. The molecule has 112 valence electrons. The van der Waals surface area contributed by atoms with Crippen LogP contribution in [-0.4, -0.2) is 24.0 Å². The SMILES string of the molecule is CCCC1(C(=O)Nc2ccc3nc(C)sc3c2)CCNC1. The maximum Gasteiger partial charge on any atom is 0.231 e. The van der Waals surface area contributed by atoms with Gasteiger partial charge in [-0.05, 0) is 44.5 Å². The quantitative estimate of drug-likeness (QED) is 0.911. The molecular formula is C16H21N3OS. The predicted molar refractivity (Wildman–Crippen MR) is 87.8 cm³/mol. The van der Waals surface area contributed by atoms with Crippen molar-refractivity contribution in [2.45, 2.75) is 33.1 Å². The van der Waals surface area contributed by atoms with Crippen molar-refractivity contribution in [2.75, 3.05) is 18.4 Å². The van der Waals surface area contributed by atoms with Crippen molar-refractivity contribution in [3.05, 3.63) is 23.2 Å². The van der Waals surface area contributed by atoms with E-state index < -0.39 is 0 Å². The van der Waals surface area contributed by atoms with E-state index in [9.17, 15) is 4.79 Å². The van der Waals surface area contributed by atoms with Crippen molar-refractivity contribution in [3.63, 3.8) is 0 Å². The van der Waals surface area contributed by atoms with Crippen LogP contribution in [0, 0.1) is 12.3 Å². The van der Waals surface area contributed by atoms with Crippen molar-refractivity contribution in [1.82, 2.24) is 10.3 Å². The molecule has 1 fully saturated rings. The van der Waals surface area contributed by atoms with Crippen LogP contribution in [0.2, 0.25) is 0 Å². The predicted octanol–water partition coefficient (Wildman–Crippen LogP) is 3.32. The van der Waals surface area contributed by atoms with Crippen LogP contribution < -0.4 is 10.6 Å². The number of aryl methyl sites for hydroxylation is 1. The molecule has 3 rings (SSSR count). The third kappa shape index (κ3) is 2.80. The van der Waals surface area contributed by atoms with E-state index in [0.29, 0.717) is 0 Å². The second-order valence-electron chi connectivity index (χ2n) is 5.83. The van der Waals surface area contributed by atoms with Crippen LogP contribution in [-0.2, 0) is 4.79 Å². The third-order valence-corrected chi connectivity index (χ3v) is 5.14. The average Bonchev–Trinajstić information content (AvgIpc) is 3.05. The van der Waals surface area contributed by atoms with E-state index in [1.54, 1.807) is 11.3 Å². The number of rotatable bonds is 4. The molecule has 1 amide bonds. The van der Waals surface area contributed by atoms with Gasteiger partial charge in [0, 0.05) is 12.2 Å². The standard InChI is InChI=1S/C16H21N3OS/c1-3-6-16(7-8-17-10-16)15(20)19-12-4-5-13-14(9-12)21-11(2)18-13/h4-5,9,17H,3,6-8,10H2,1-2H3,(H,19,20). The maximum atomic E-state index is 12.7. The Kier molecular flexibility index (Phi) is 3.95. The van der Waals surface area contributed by atoms with Crippen molar-refractivity contribution in [2.24, 2.45) is 5.41 Å². The molecule has 1 aromatic carbocycles. The van der Waals surface area contributed by atoms with E-state index in [4.69, 9.17) is 0 Å². The van der Waals surface area contributed by atoms with Gasteiger partial charge in [0.1, 0.15) is 0 Å². The Balaban J connectivity index is 1.81. The van der Waals surface area contributed by atoms with Crippen LogP contribution in [0.1, 0.15) is 31.2 Å². The lowest BCUT2D eigenvalue weighted by molar-refractivity contribution is -0.125. The van der Waals surface area contributed by atoms with Gasteiger partial charge in [0.2, 0.25) is 5.91 Å². The van der Waals surface area contributed by atoms with Crippen molar-refractivity contribution < 1.29 is 4.79 Å². The van der Waals surface area contributed by atoms with Gasteiger partial charge in [-0.2, -0.15) is 0 Å². The summed E-state index contributed by atoms with van der Waals surface area (Å²) in [7, 11) is 0. The summed E-state index contributed by atoms with van der Waals surface area (Å²) < 4.78 is 1.12. The van der Waals surface area contributed by atoms with Gasteiger partial charge in [-0.1, -0.05) is 13.3 Å². The Hall–Kier alpha value is -1.46. The Morgan fingerprint density at radius 2 is 2.38 bits per heavy atom. The molecule has 0 aliphatic carbocycles. The molecule has 0 bridgehead atoms. The van der Waals surface area contributed by atoms with Gasteiger partial charge >= 0.3 is 0 Å². The fraction of sp³-hybridized carbons (Fsp3) is 0.500. The minimum absolute atomic E-state index is 0.148. The molecule has 1 atom stereocenters. The zero-order chi connectivity index (χ0) is 14.9. The highest BCUT2D eigenvalue weighted by molar-refractivity contribution is 7.18. The molecular weight excluding hydrogens is 282 g/mol. The minimum atomic E-state index is -0.243. The first-order valence-corrected chi connectivity index (χ1v) is 8.34. The lowest BCUT2D eigenvalue weighted by Crippen LogP contribution is -2.38. The minimum Gasteiger partial charge on any atom is -0.326 e. The number of carbonyl (C=O) groups is 1. The normalized spacial score (nSPS) is 21.8. The largest absolute Gasteiger partial charge is 0.326 e. The Bertz CT molecular complexity index is 659. The highest BCUT2D eigenvalue weighted by Crippen LogP contribution is 2.33. The van der Waals surface area contributed by atoms with Gasteiger partial charge in [0.05, 0.1) is 20.6 Å². The van der Waals surface area contributed by atoms with Crippen LogP contribution in [0.5, 0.6) is 0 Å². The van der Waals surface area contributed by atoms with Gasteiger partial charge in [0.15, 0.2) is 0 Å². The molecule has 2 heterocycles. The van der Waals surface area contributed by atoms with Gasteiger partial charge in [-0.3, -0.25) is 4.79 Å². The first-order valence-electron chi connectivity index (χ1n) is 7.52. The summed E-state index contributed by atoms with van der Waals surface area (Å²) in [5, 5.41) is 7.49. The Labute approximate surface area is 129 Å². The lowest BCUT2D eigenvalue weighted by atomic mass is 9.81. The number of hydrogen-bond acceptors (Lipinski definition) is 4. The molecule has 2 N–H and O–H groups in total. The number of benzene rings is 1. The fourth-order valence-corrected chi connectivity index (χ4v) is 3.99. The van der Waals surface area contributed by atoms with E-state index in [2.05, 4.69) is 22.5 Å².